The molecule has 3 atom stereocenters. The van der Waals surface area contributed by atoms with Gasteiger partial charge in [0, 0.05) is 25.4 Å². The molecule has 5 heteroatoms. The van der Waals surface area contributed by atoms with Gasteiger partial charge in [0.05, 0.1) is 5.75 Å². The lowest BCUT2D eigenvalue weighted by Crippen LogP contribution is -2.45. The fourth-order valence-electron chi connectivity index (χ4n) is 3.58. The summed E-state index contributed by atoms with van der Waals surface area (Å²) in [5, 5.41) is 3.63. The minimum atomic E-state index is -2.86. The topological polar surface area (TPSA) is 49.4 Å². The van der Waals surface area contributed by atoms with Crippen LogP contribution >= 0.6 is 0 Å². The van der Waals surface area contributed by atoms with E-state index >= 15 is 0 Å². The summed E-state index contributed by atoms with van der Waals surface area (Å²) < 4.78 is 22.6. The highest BCUT2D eigenvalue weighted by Crippen LogP contribution is 2.32. The Balaban J connectivity index is 2.52. The molecule has 0 aromatic carbocycles. The largest absolute Gasteiger partial charge is 0.314 e. The Morgan fingerprint density at radius 1 is 1.24 bits per heavy atom. The van der Waals surface area contributed by atoms with Gasteiger partial charge in [0.15, 0.2) is 0 Å². The van der Waals surface area contributed by atoms with E-state index in [9.17, 15) is 8.42 Å². The fourth-order valence-corrected chi connectivity index (χ4v) is 4.22. The molecule has 1 aliphatic rings. The van der Waals surface area contributed by atoms with Gasteiger partial charge in [-0.25, -0.2) is 8.42 Å². The molecule has 0 heterocycles. The van der Waals surface area contributed by atoms with Gasteiger partial charge in [0.2, 0.25) is 0 Å². The predicted octanol–water partition coefficient (Wildman–Crippen LogP) is 2.16. The zero-order chi connectivity index (χ0) is 15.9. The first-order valence-electron chi connectivity index (χ1n) is 8.45. The molecule has 1 N–H and O–H groups in total. The summed E-state index contributed by atoms with van der Waals surface area (Å²) in [7, 11) is -0.807. The molecule has 0 aromatic heterocycles. The van der Waals surface area contributed by atoms with Crippen LogP contribution in [0.5, 0.6) is 0 Å². The minimum Gasteiger partial charge on any atom is -0.314 e. The van der Waals surface area contributed by atoms with E-state index in [4.69, 9.17) is 0 Å². The van der Waals surface area contributed by atoms with Crippen molar-refractivity contribution in [3.63, 3.8) is 0 Å². The molecule has 0 aliphatic heterocycles. The lowest BCUT2D eigenvalue weighted by atomic mass is 9.76. The molecule has 0 amide bonds. The van der Waals surface area contributed by atoms with Crippen LogP contribution in [0.4, 0.5) is 0 Å². The first-order chi connectivity index (χ1) is 9.85. The summed E-state index contributed by atoms with van der Waals surface area (Å²) in [4.78, 5) is 2.20. The summed E-state index contributed by atoms with van der Waals surface area (Å²) in [6.07, 6.45) is 7.82. The van der Waals surface area contributed by atoms with Crippen molar-refractivity contribution in [2.45, 2.75) is 52.0 Å². The number of nitrogens with zero attached hydrogens (tertiary/aromatic N) is 1. The molecule has 0 saturated heterocycles. The Bertz CT molecular complexity index is 384. The first-order valence-corrected chi connectivity index (χ1v) is 10.5. The van der Waals surface area contributed by atoms with Gasteiger partial charge in [-0.2, -0.15) is 0 Å². The zero-order valence-corrected chi connectivity index (χ0v) is 15.1. The smallest absolute Gasteiger partial charge is 0.148 e. The quantitative estimate of drug-likeness (QED) is 0.708. The average Bonchev–Trinajstić information content (AvgIpc) is 2.39. The van der Waals surface area contributed by atoms with Gasteiger partial charge in [-0.1, -0.05) is 26.7 Å². The molecule has 1 rings (SSSR count). The maximum Gasteiger partial charge on any atom is 0.148 e. The molecule has 0 spiro atoms. The first kappa shape index (κ1) is 18.9. The summed E-state index contributed by atoms with van der Waals surface area (Å²) in [6.45, 7) is 7.11. The van der Waals surface area contributed by atoms with Crippen LogP contribution < -0.4 is 5.32 Å². The van der Waals surface area contributed by atoms with Crippen LogP contribution in [-0.2, 0) is 9.84 Å². The Morgan fingerprint density at radius 2 is 1.95 bits per heavy atom. The molecule has 1 fully saturated rings. The van der Waals surface area contributed by atoms with Gasteiger partial charge in [-0.05, 0) is 44.7 Å². The molecule has 3 unspecified atom stereocenters. The van der Waals surface area contributed by atoms with Crippen LogP contribution in [0, 0.1) is 11.8 Å². The highest BCUT2D eigenvalue weighted by molar-refractivity contribution is 7.90. The summed E-state index contributed by atoms with van der Waals surface area (Å²) in [5.74, 6) is 1.78. The summed E-state index contributed by atoms with van der Waals surface area (Å²) >= 11 is 0. The van der Waals surface area contributed by atoms with E-state index < -0.39 is 9.84 Å². The van der Waals surface area contributed by atoms with Gasteiger partial charge in [0.25, 0.3) is 0 Å². The van der Waals surface area contributed by atoms with Gasteiger partial charge < -0.3 is 10.2 Å². The third-order valence-corrected chi connectivity index (χ3v) is 5.57. The maximum atomic E-state index is 11.3. The second-order valence-corrected chi connectivity index (χ2v) is 9.04. The molecule has 0 aromatic rings. The normalized spacial score (nSPS) is 27.2. The van der Waals surface area contributed by atoms with Crippen molar-refractivity contribution >= 4 is 9.84 Å². The number of hydrogen-bond donors (Lipinski definition) is 1. The molecule has 4 nitrogen and oxygen atoms in total. The van der Waals surface area contributed by atoms with Crippen molar-refractivity contribution in [1.82, 2.24) is 10.2 Å². The van der Waals surface area contributed by atoms with Crippen molar-refractivity contribution in [1.29, 1.82) is 0 Å². The molecule has 1 saturated carbocycles. The van der Waals surface area contributed by atoms with Crippen molar-refractivity contribution < 1.29 is 8.42 Å². The van der Waals surface area contributed by atoms with Crippen LogP contribution in [-0.4, -0.2) is 58.1 Å². The van der Waals surface area contributed by atoms with E-state index in [0.717, 1.165) is 19.0 Å². The summed E-state index contributed by atoms with van der Waals surface area (Å²) in [5.41, 5.74) is 0. The second kappa shape index (κ2) is 9.11. The van der Waals surface area contributed by atoms with Crippen LogP contribution in [0.1, 0.15) is 46.0 Å². The van der Waals surface area contributed by atoms with Gasteiger partial charge in [-0.15, -0.1) is 0 Å². The van der Waals surface area contributed by atoms with E-state index in [1.807, 2.05) is 0 Å². The third-order valence-electron chi connectivity index (χ3n) is 4.64. The third kappa shape index (κ3) is 7.61. The second-order valence-electron chi connectivity index (χ2n) is 6.78. The Kier molecular flexibility index (Phi) is 8.21. The molecule has 1 aliphatic carbocycles. The van der Waals surface area contributed by atoms with Crippen molar-refractivity contribution in [2.75, 3.05) is 38.7 Å². The average molecular weight is 319 g/mol. The van der Waals surface area contributed by atoms with Crippen molar-refractivity contribution in [2.24, 2.45) is 11.8 Å². The van der Waals surface area contributed by atoms with E-state index in [1.165, 1.54) is 38.4 Å². The number of rotatable bonds is 9. The molecule has 0 radical (unpaired) electrons. The minimum absolute atomic E-state index is 0.264. The van der Waals surface area contributed by atoms with E-state index in [-0.39, 0.29) is 5.75 Å². The van der Waals surface area contributed by atoms with Crippen LogP contribution in [0.2, 0.25) is 0 Å². The van der Waals surface area contributed by atoms with Gasteiger partial charge >= 0.3 is 0 Å². The van der Waals surface area contributed by atoms with Crippen molar-refractivity contribution in [3.05, 3.63) is 0 Å². The van der Waals surface area contributed by atoms with Gasteiger partial charge in [-0.3, -0.25) is 0 Å². The fraction of sp³-hybridized carbons (Fsp3) is 1.00. The van der Waals surface area contributed by atoms with Crippen LogP contribution in [0.25, 0.3) is 0 Å². The summed E-state index contributed by atoms with van der Waals surface area (Å²) in [6, 6.07) is 0.601. The SMILES string of the molecule is CCCC1CCC(NCC)C(CN(C)CCS(C)(=O)=O)C1. The number of nitrogens with one attached hydrogen (secondary N) is 1. The molecular formula is C16H34N2O2S. The number of sulfone groups is 1. The molecule has 0 bridgehead atoms. The van der Waals surface area contributed by atoms with E-state index in [1.54, 1.807) is 0 Å². The van der Waals surface area contributed by atoms with E-state index in [2.05, 4.69) is 31.1 Å². The van der Waals surface area contributed by atoms with Gasteiger partial charge in [0.1, 0.15) is 9.84 Å². The molecular weight excluding hydrogens is 284 g/mol. The highest BCUT2D eigenvalue weighted by Gasteiger charge is 2.30. The highest BCUT2D eigenvalue weighted by atomic mass is 32.2. The maximum absolute atomic E-state index is 11.3. The molecule has 21 heavy (non-hydrogen) atoms. The predicted molar refractivity (Wildman–Crippen MR) is 90.4 cm³/mol. The van der Waals surface area contributed by atoms with Crippen molar-refractivity contribution in [3.8, 4) is 0 Å². The zero-order valence-electron chi connectivity index (χ0n) is 14.3. The van der Waals surface area contributed by atoms with Crippen LogP contribution in [0.15, 0.2) is 0 Å². The molecule has 126 valence electrons. The Labute approximate surface area is 131 Å². The Morgan fingerprint density at radius 3 is 2.52 bits per heavy atom. The standard InChI is InChI=1S/C16H34N2O2S/c1-5-7-14-8-9-16(17-6-2)15(12-14)13-18(3)10-11-21(4,19)20/h14-17H,5-13H2,1-4H3. The monoisotopic (exact) mass is 318 g/mol. The lowest BCUT2D eigenvalue weighted by Gasteiger charge is -2.38. The van der Waals surface area contributed by atoms with E-state index in [0.29, 0.717) is 18.5 Å². The number of hydrogen-bond acceptors (Lipinski definition) is 4. The lowest BCUT2D eigenvalue weighted by molar-refractivity contribution is 0.153. The van der Waals surface area contributed by atoms with Crippen LogP contribution in [0.3, 0.4) is 0 Å². The Hall–Kier alpha value is -0.130.